The van der Waals surface area contributed by atoms with Crippen molar-refractivity contribution in [2.45, 2.75) is 0 Å². The van der Waals surface area contributed by atoms with Gasteiger partial charge in [-0.25, -0.2) is 0 Å². The molecule has 0 rings (SSSR count). The van der Waals surface area contributed by atoms with Crippen molar-refractivity contribution >= 4 is 25.3 Å². The van der Waals surface area contributed by atoms with Crippen LogP contribution in [0.1, 0.15) is 0 Å². The third kappa shape index (κ3) is 10.7. The van der Waals surface area contributed by atoms with E-state index in [4.69, 9.17) is 0 Å². The summed E-state index contributed by atoms with van der Waals surface area (Å²) in [7, 11) is 0. The van der Waals surface area contributed by atoms with Gasteiger partial charge in [-0.05, 0) is 5.75 Å². The van der Waals surface area contributed by atoms with Crippen molar-refractivity contribution in [3.8, 4) is 0 Å². The van der Waals surface area contributed by atoms with Crippen LogP contribution < -0.4 is 0 Å². The Balaban J connectivity index is 0. The SMILES string of the molecule is [Hf].[S-]CCS. The summed E-state index contributed by atoms with van der Waals surface area (Å²) in [6, 6.07) is 0. The Morgan fingerprint density at radius 1 is 1.60 bits per heavy atom. The van der Waals surface area contributed by atoms with Crippen LogP contribution in [0, 0.1) is 0 Å². The topological polar surface area (TPSA) is 0 Å². The Morgan fingerprint density at radius 3 is 1.80 bits per heavy atom. The van der Waals surface area contributed by atoms with Gasteiger partial charge in [-0.1, -0.05) is 0 Å². The van der Waals surface area contributed by atoms with Crippen LogP contribution in [-0.4, -0.2) is 11.5 Å². The second-order valence-corrected chi connectivity index (χ2v) is 1.28. The molecule has 3 heteroatoms. The van der Waals surface area contributed by atoms with Crippen LogP contribution in [0.3, 0.4) is 0 Å². The normalized spacial score (nSPS) is 6.00. The molecule has 0 fully saturated rings. The van der Waals surface area contributed by atoms with E-state index >= 15 is 0 Å². The summed E-state index contributed by atoms with van der Waals surface area (Å²) >= 11 is 8.29. The number of rotatable bonds is 1. The van der Waals surface area contributed by atoms with E-state index in [9.17, 15) is 0 Å². The second-order valence-electron chi connectivity index (χ2n) is 0.428. The first-order valence-corrected chi connectivity index (χ1v) is 2.31. The van der Waals surface area contributed by atoms with Gasteiger partial charge in [-0.3, -0.25) is 0 Å². The van der Waals surface area contributed by atoms with Crippen molar-refractivity contribution in [1.82, 2.24) is 0 Å². The largest absolute Gasteiger partial charge is 0.792 e. The third-order valence-electron chi connectivity index (χ3n) is 0.0913. The van der Waals surface area contributed by atoms with Gasteiger partial charge in [-0.15, -0.1) is 0 Å². The van der Waals surface area contributed by atoms with Crippen LogP contribution in [0.4, 0.5) is 0 Å². The standard InChI is InChI=1S/C2H6S2.Hf/c3-1-2-4;/h3-4H,1-2H2;/p-1. The van der Waals surface area contributed by atoms with E-state index in [0.717, 1.165) is 11.5 Å². The number of hydrogen-bond acceptors (Lipinski definition) is 2. The van der Waals surface area contributed by atoms with E-state index < -0.39 is 0 Å². The molecule has 0 nitrogen and oxygen atoms in total. The van der Waals surface area contributed by atoms with E-state index in [1.807, 2.05) is 0 Å². The van der Waals surface area contributed by atoms with Crippen molar-refractivity contribution in [2.24, 2.45) is 0 Å². The minimum atomic E-state index is 0. The first-order chi connectivity index (χ1) is 1.91. The van der Waals surface area contributed by atoms with Crippen LogP contribution in [-0.2, 0) is 38.5 Å². The Morgan fingerprint density at radius 2 is 1.80 bits per heavy atom. The fraction of sp³-hybridized carbons (Fsp3) is 1.00. The molecule has 0 N–H and O–H groups in total. The van der Waals surface area contributed by atoms with Gasteiger partial charge < -0.3 is 12.6 Å². The van der Waals surface area contributed by atoms with Crippen molar-refractivity contribution in [2.75, 3.05) is 11.5 Å². The van der Waals surface area contributed by atoms with E-state index in [1.165, 1.54) is 0 Å². The average Bonchev–Trinajstić information content (AvgIpc) is 1.37. The molecule has 0 unspecified atom stereocenters. The van der Waals surface area contributed by atoms with Crippen LogP contribution in [0.15, 0.2) is 0 Å². The van der Waals surface area contributed by atoms with Gasteiger partial charge in [0.15, 0.2) is 0 Å². The monoisotopic (exact) mass is 273 g/mol. The minimum Gasteiger partial charge on any atom is -0.792 e. The van der Waals surface area contributed by atoms with E-state index in [2.05, 4.69) is 25.3 Å². The predicted octanol–water partition coefficient (Wildman–Crippen LogP) is 0.461. The van der Waals surface area contributed by atoms with Gasteiger partial charge in [-0.2, -0.15) is 18.4 Å². The molecule has 0 bridgehead atoms. The molecule has 0 saturated carbocycles. The summed E-state index contributed by atoms with van der Waals surface area (Å²) in [6.07, 6.45) is 0. The summed E-state index contributed by atoms with van der Waals surface area (Å²) in [4.78, 5) is 0. The number of thiol groups is 1. The fourth-order valence-electron chi connectivity index (χ4n) is 0. The first kappa shape index (κ1) is 9.76. The Labute approximate surface area is 62.3 Å². The van der Waals surface area contributed by atoms with Gasteiger partial charge in [0.25, 0.3) is 0 Å². The van der Waals surface area contributed by atoms with Crippen LogP contribution in [0.2, 0.25) is 0 Å². The molecule has 0 aliphatic heterocycles. The molecule has 0 atom stereocenters. The summed E-state index contributed by atoms with van der Waals surface area (Å²) in [5, 5.41) is 0. The summed E-state index contributed by atoms with van der Waals surface area (Å²) < 4.78 is 0. The van der Waals surface area contributed by atoms with Crippen LogP contribution in [0.25, 0.3) is 0 Å². The van der Waals surface area contributed by atoms with Gasteiger partial charge in [0.1, 0.15) is 0 Å². The zero-order valence-corrected chi connectivity index (χ0v) is 8.07. The van der Waals surface area contributed by atoms with Gasteiger partial charge in [0.2, 0.25) is 0 Å². The molecule has 0 amide bonds. The summed E-state index contributed by atoms with van der Waals surface area (Å²) in [5.74, 6) is 1.60. The maximum Gasteiger partial charge on any atom is 0 e. The Hall–Kier alpha value is 1.57. The first-order valence-electron chi connectivity index (χ1n) is 1.10. The molecule has 0 radical (unpaired) electrons. The molecule has 0 saturated heterocycles. The zero-order valence-electron chi connectivity index (χ0n) is 2.77. The fourth-order valence-corrected chi connectivity index (χ4v) is 0. The van der Waals surface area contributed by atoms with Crippen LogP contribution in [0.5, 0.6) is 0 Å². The van der Waals surface area contributed by atoms with Crippen LogP contribution >= 0.6 is 12.6 Å². The average molecular weight is 272 g/mol. The predicted molar refractivity (Wildman–Crippen MR) is 26.1 cm³/mol. The molecule has 0 aromatic heterocycles. The van der Waals surface area contributed by atoms with E-state index in [-0.39, 0.29) is 25.8 Å². The van der Waals surface area contributed by atoms with Crippen molar-refractivity contribution < 1.29 is 25.8 Å². The molecular weight excluding hydrogens is 267 g/mol. The summed E-state index contributed by atoms with van der Waals surface area (Å²) in [5.41, 5.74) is 0. The molecule has 0 aliphatic carbocycles. The van der Waals surface area contributed by atoms with Gasteiger partial charge in [0.05, 0.1) is 0 Å². The Kier molecular flexibility index (Phi) is 17.8. The molecule has 0 aromatic rings. The zero-order chi connectivity index (χ0) is 3.41. The van der Waals surface area contributed by atoms with Crippen molar-refractivity contribution in [1.29, 1.82) is 0 Å². The smallest absolute Gasteiger partial charge is 0 e. The molecule has 0 aromatic carbocycles. The second kappa shape index (κ2) is 9.13. The molecule has 5 heavy (non-hydrogen) atoms. The van der Waals surface area contributed by atoms with Gasteiger partial charge in [0, 0.05) is 25.8 Å². The van der Waals surface area contributed by atoms with Crippen molar-refractivity contribution in [3.05, 3.63) is 0 Å². The van der Waals surface area contributed by atoms with Crippen molar-refractivity contribution in [3.63, 3.8) is 0 Å². The molecule has 0 heterocycles. The van der Waals surface area contributed by atoms with E-state index in [0.29, 0.717) is 0 Å². The molecule has 0 aliphatic rings. The third-order valence-corrected chi connectivity index (χ3v) is 0.822. The maximum absolute atomic E-state index is 4.48. The van der Waals surface area contributed by atoms with E-state index in [1.54, 1.807) is 0 Å². The molecule has 0 spiro atoms. The maximum atomic E-state index is 4.48. The van der Waals surface area contributed by atoms with Gasteiger partial charge >= 0.3 is 0 Å². The summed E-state index contributed by atoms with van der Waals surface area (Å²) in [6.45, 7) is 0. The minimum absolute atomic E-state index is 0. The number of hydrogen-bond donors (Lipinski definition) is 1. The molecule has 30 valence electrons. The Bertz CT molecular complexity index is 9.61. The quantitative estimate of drug-likeness (QED) is 0.411. The molecular formula is C2H5HfS2-.